The minimum atomic E-state index is -1.11. The molecule has 6 nitrogen and oxygen atoms in total. The molecular formula is C13H13N3O3S. The number of hydrogen-bond donors (Lipinski definition) is 3. The van der Waals surface area contributed by atoms with Crippen LogP contribution in [-0.4, -0.2) is 22.0 Å². The Morgan fingerprint density at radius 3 is 2.60 bits per heavy atom. The lowest BCUT2D eigenvalue weighted by atomic mass is 10.1. The molecule has 0 spiro atoms. The van der Waals surface area contributed by atoms with Crippen LogP contribution in [0.25, 0.3) is 0 Å². The normalized spacial score (nSPS) is 11.8. The van der Waals surface area contributed by atoms with Gasteiger partial charge in [0.2, 0.25) is 5.91 Å². The molecule has 4 N–H and O–H groups in total. The van der Waals surface area contributed by atoms with Crippen molar-refractivity contribution >= 4 is 28.3 Å². The van der Waals surface area contributed by atoms with E-state index in [-0.39, 0.29) is 6.42 Å². The van der Waals surface area contributed by atoms with Gasteiger partial charge in [-0.05, 0) is 5.56 Å². The summed E-state index contributed by atoms with van der Waals surface area (Å²) in [5, 5.41) is 13.7. The third-order valence-electron chi connectivity index (χ3n) is 2.60. The summed E-state index contributed by atoms with van der Waals surface area (Å²) in [5.74, 6) is -1.52. The Morgan fingerprint density at radius 2 is 2.05 bits per heavy atom. The van der Waals surface area contributed by atoms with E-state index in [4.69, 9.17) is 5.73 Å². The summed E-state index contributed by atoms with van der Waals surface area (Å²) in [6.45, 7) is 0. The number of carbonyl (C=O) groups is 2. The van der Waals surface area contributed by atoms with Gasteiger partial charge >= 0.3 is 5.97 Å². The van der Waals surface area contributed by atoms with Gasteiger partial charge in [0.15, 0.2) is 11.2 Å². The standard InChI is InChI=1S/C13H13N3O3S/c14-13-15-9(7-20-13)6-10(17)16-11(12(18)19)8-4-2-1-3-5-8/h1-5,7,11H,6H2,(H2,14,15)(H,16,17)(H,18,19)/t11-/m1/s1. The molecule has 0 saturated heterocycles. The third kappa shape index (κ3) is 3.55. The molecule has 1 aromatic carbocycles. The minimum absolute atomic E-state index is 0.00428. The quantitative estimate of drug-likeness (QED) is 0.768. The van der Waals surface area contributed by atoms with Crippen LogP contribution in [0.3, 0.4) is 0 Å². The van der Waals surface area contributed by atoms with Crippen molar-refractivity contribution in [1.82, 2.24) is 10.3 Å². The van der Waals surface area contributed by atoms with Crippen molar-refractivity contribution in [3.8, 4) is 0 Å². The fourth-order valence-corrected chi connectivity index (χ4v) is 2.28. The molecule has 2 rings (SSSR count). The smallest absolute Gasteiger partial charge is 0.330 e. The van der Waals surface area contributed by atoms with Crippen molar-refractivity contribution in [1.29, 1.82) is 0 Å². The highest BCUT2D eigenvalue weighted by Gasteiger charge is 2.22. The summed E-state index contributed by atoms with van der Waals surface area (Å²) in [4.78, 5) is 27.1. The molecule has 20 heavy (non-hydrogen) atoms. The number of nitrogens with zero attached hydrogens (tertiary/aromatic N) is 1. The number of amides is 1. The first kappa shape index (κ1) is 14.0. The Bertz CT molecular complexity index is 612. The molecule has 0 aliphatic rings. The zero-order valence-corrected chi connectivity index (χ0v) is 11.3. The van der Waals surface area contributed by atoms with Crippen LogP contribution < -0.4 is 11.1 Å². The molecule has 1 atom stereocenters. The van der Waals surface area contributed by atoms with Crippen LogP contribution in [0, 0.1) is 0 Å². The van der Waals surface area contributed by atoms with E-state index in [1.807, 2.05) is 0 Å². The predicted molar refractivity (Wildman–Crippen MR) is 75.2 cm³/mol. The maximum absolute atomic E-state index is 11.9. The molecule has 1 aromatic heterocycles. The lowest BCUT2D eigenvalue weighted by molar-refractivity contribution is -0.142. The molecule has 0 fully saturated rings. The summed E-state index contributed by atoms with van der Waals surface area (Å²) < 4.78 is 0. The van der Waals surface area contributed by atoms with Gasteiger partial charge in [-0.2, -0.15) is 0 Å². The van der Waals surface area contributed by atoms with Crippen LogP contribution in [0.1, 0.15) is 17.3 Å². The van der Waals surface area contributed by atoms with Crippen LogP contribution >= 0.6 is 11.3 Å². The lowest BCUT2D eigenvalue weighted by Crippen LogP contribution is -2.34. The highest BCUT2D eigenvalue weighted by molar-refractivity contribution is 7.13. The number of nitrogen functional groups attached to an aromatic ring is 1. The molecule has 0 unspecified atom stereocenters. The molecule has 0 aliphatic heterocycles. The SMILES string of the molecule is Nc1nc(CC(=O)N[C@@H](C(=O)O)c2ccccc2)cs1. The minimum Gasteiger partial charge on any atom is -0.479 e. The largest absolute Gasteiger partial charge is 0.479 e. The number of carboxylic acids is 1. The van der Waals surface area contributed by atoms with E-state index in [9.17, 15) is 14.7 Å². The van der Waals surface area contributed by atoms with Gasteiger partial charge in [0.1, 0.15) is 0 Å². The lowest BCUT2D eigenvalue weighted by Gasteiger charge is -2.14. The van der Waals surface area contributed by atoms with Crippen molar-refractivity contribution in [2.24, 2.45) is 0 Å². The first-order chi connectivity index (χ1) is 9.56. The number of aromatic nitrogens is 1. The maximum atomic E-state index is 11.9. The van der Waals surface area contributed by atoms with Gasteiger partial charge in [-0.15, -0.1) is 11.3 Å². The fraction of sp³-hybridized carbons (Fsp3) is 0.154. The summed E-state index contributed by atoms with van der Waals surface area (Å²) in [6, 6.07) is 7.46. The van der Waals surface area contributed by atoms with Gasteiger partial charge in [0, 0.05) is 5.38 Å². The second-order valence-corrected chi connectivity index (χ2v) is 4.99. The van der Waals surface area contributed by atoms with Crippen molar-refractivity contribution in [3.05, 3.63) is 47.0 Å². The molecular weight excluding hydrogens is 278 g/mol. The van der Waals surface area contributed by atoms with Gasteiger partial charge in [-0.25, -0.2) is 9.78 Å². The van der Waals surface area contributed by atoms with Crippen molar-refractivity contribution in [2.45, 2.75) is 12.5 Å². The molecule has 0 bridgehead atoms. The van der Waals surface area contributed by atoms with Crippen molar-refractivity contribution in [3.63, 3.8) is 0 Å². The Labute approximate surface area is 119 Å². The van der Waals surface area contributed by atoms with Gasteiger partial charge in [-0.1, -0.05) is 30.3 Å². The Balaban J connectivity index is 2.05. The van der Waals surface area contributed by atoms with Gasteiger partial charge < -0.3 is 16.2 Å². The van der Waals surface area contributed by atoms with E-state index in [1.165, 1.54) is 11.3 Å². The van der Waals surface area contributed by atoms with Gasteiger partial charge in [0.05, 0.1) is 12.1 Å². The Hall–Kier alpha value is -2.41. The summed E-state index contributed by atoms with van der Waals surface area (Å²) in [7, 11) is 0. The molecule has 1 amide bonds. The zero-order valence-electron chi connectivity index (χ0n) is 10.4. The monoisotopic (exact) mass is 291 g/mol. The Morgan fingerprint density at radius 1 is 1.35 bits per heavy atom. The highest BCUT2D eigenvalue weighted by atomic mass is 32.1. The number of aliphatic carboxylic acids is 1. The number of benzene rings is 1. The van der Waals surface area contributed by atoms with Crippen LogP contribution in [0.5, 0.6) is 0 Å². The first-order valence-corrected chi connectivity index (χ1v) is 6.71. The van der Waals surface area contributed by atoms with Gasteiger partial charge in [0.25, 0.3) is 0 Å². The second kappa shape index (κ2) is 6.16. The van der Waals surface area contributed by atoms with E-state index in [0.717, 1.165) is 0 Å². The van der Waals surface area contributed by atoms with Gasteiger partial charge in [-0.3, -0.25) is 4.79 Å². The highest BCUT2D eigenvalue weighted by Crippen LogP contribution is 2.14. The Kier molecular flexibility index (Phi) is 4.31. The number of carboxylic acid groups (broad SMARTS) is 1. The average molecular weight is 291 g/mol. The van der Waals surface area contributed by atoms with E-state index in [2.05, 4.69) is 10.3 Å². The van der Waals surface area contributed by atoms with E-state index in [1.54, 1.807) is 35.7 Å². The summed E-state index contributed by atoms with van der Waals surface area (Å²) >= 11 is 1.24. The fourth-order valence-electron chi connectivity index (χ4n) is 1.71. The summed E-state index contributed by atoms with van der Waals surface area (Å²) in [5.41, 5.74) is 6.53. The number of hydrogen-bond acceptors (Lipinski definition) is 5. The predicted octanol–water partition coefficient (Wildman–Crippen LogP) is 1.21. The molecule has 0 saturated carbocycles. The van der Waals surface area contributed by atoms with Crippen molar-refractivity contribution < 1.29 is 14.7 Å². The van der Waals surface area contributed by atoms with Crippen LogP contribution in [0.15, 0.2) is 35.7 Å². The average Bonchev–Trinajstić information content (AvgIpc) is 2.82. The number of carbonyl (C=O) groups excluding carboxylic acids is 1. The number of anilines is 1. The zero-order chi connectivity index (χ0) is 14.5. The van der Waals surface area contributed by atoms with Crippen LogP contribution in [-0.2, 0) is 16.0 Å². The van der Waals surface area contributed by atoms with E-state index >= 15 is 0 Å². The number of rotatable bonds is 5. The molecule has 7 heteroatoms. The molecule has 104 valence electrons. The summed E-state index contributed by atoms with van der Waals surface area (Å²) in [6.07, 6.45) is 0.00428. The molecule has 0 radical (unpaired) electrons. The third-order valence-corrected chi connectivity index (χ3v) is 3.32. The molecule has 2 aromatic rings. The molecule has 1 heterocycles. The number of thiazole rings is 1. The van der Waals surface area contributed by atoms with Crippen LogP contribution in [0.4, 0.5) is 5.13 Å². The van der Waals surface area contributed by atoms with Crippen LogP contribution in [0.2, 0.25) is 0 Å². The topological polar surface area (TPSA) is 105 Å². The number of nitrogens with two attached hydrogens (primary N) is 1. The number of nitrogens with one attached hydrogen (secondary N) is 1. The maximum Gasteiger partial charge on any atom is 0.330 e. The second-order valence-electron chi connectivity index (χ2n) is 4.10. The molecule has 0 aliphatic carbocycles. The van der Waals surface area contributed by atoms with Crippen molar-refractivity contribution in [2.75, 3.05) is 5.73 Å². The first-order valence-electron chi connectivity index (χ1n) is 5.83. The van der Waals surface area contributed by atoms with E-state index in [0.29, 0.717) is 16.4 Å². The van der Waals surface area contributed by atoms with E-state index < -0.39 is 17.9 Å².